The van der Waals surface area contributed by atoms with Gasteiger partial charge in [0.05, 0.1) is 11.3 Å². The number of aromatic carboxylic acids is 1. The van der Waals surface area contributed by atoms with E-state index < -0.39 is 5.97 Å². The average molecular weight is 269 g/mol. The summed E-state index contributed by atoms with van der Waals surface area (Å²) in [5.74, 6) is -0.889. The maximum absolute atomic E-state index is 11.4. The molecule has 104 valence electrons. The highest BCUT2D eigenvalue weighted by Crippen LogP contribution is 2.26. The molecule has 20 heavy (non-hydrogen) atoms. The van der Waals surface area contributed by atoms with Gasteiger partial charge in [-0.15, -0.1) is 0 Å². The van der Waals surface area contributed by atoms with Gasteiger partial charge in [0.2, 0.25) is 0 Å². The van der Waals surface area contributed by atoms with Gasteiger partial charge in [0.25, 0.3) is 0 Å². The van der Waals surface area contributed by atoms with E-state index in [1.807, 2.05) is 37.1 Å². The minimum Gasteiger partial charge on any atom is -0.478 e. The zero-order chi connectivity index (χ0) is 14.7. The number of aryl methyl sites for hydroxylation is 2. The van der Waals surface area contributed by atoms with Crippen molar-refractivity contribution in [3.05, 3.63) is 64.7 Å². The first-order valence-electron chi connectivity index (χ1n) is 6.59. The Morgan fingerprint density at radius 2 is 1.70 bits per heavy atom. The van der Waals surface area contributed by atoms with Crippen molar-refractivity contribution in [2.75, 3.05) is 11.9 Å². The van der Waals surface area contributed by atoms with Crippen LogP contribution in [0.5, 0.6) is 0 Å². The van der Waals surface area contributed by atoms with Gasteiger partial charge < -0.3 is 10.0 Å². The third-order valence-electron chi connectivity index (χ3n) is 3.52. The van der Waals surface area contributed by atoms with Gasteiger partial charge in [0, 0.05) is 13.6 Å². The molecule has 0 saturated carbocycles. The van der Waals surface area contributed by atoms with Crippen LogP contribution in [0.2, 0.25) is 0 Å². The lowest BCUT2D eigenvalue weighted by molar-refractivity contribution is 0.0697. The van der Waals surface area contributed by atoms with Crippen LogP contribution in [0.4, 0.5) is 5.69 Å². The number of hydrogen-bond acceptors (Lipinski definition) is 2. The predicted molar refractivity (Wildman–Crippen MR) is 81.4 cm³/mol. The summed E-state index contributed by atoms with van der Waals surface area (Å²) in [6.07, 6.45) is 0. The van der Waals surface area contributed by atoms with E-state index in [4.69, 9.17) is 0 Å². The number of carbonyl (C=O) groups is 1. The number of anilines is 1. The lowest BCUT2D eigenvalue weighted by Gasteiger charge is -2.24. The van der Waals surface area contributed by atoms with Gasteiger partial charge in [0.1, 0.15) is 0 Å². The molecule has 1 N–H and O–H groups in total. The molecule has 2 aromatic carbocycles. The van der Waals surface area contributed by atoms with Crippen molar-refractivity contribution < 1.29 is 9.90 Å². The van der Waals surface area contributed by atoms with E-state index in [2.05, 4.69) is 19.1 Å². The van der Waals surface area contributed by atoms with Crippen molar-refractivity contribution in [2.24, 2.45) is 0 Å². The Kier molecular flexibility index (Phi) is 4.08. The van der Waals surface area contributed by atoms with Gasteiger partial charge in [-0.05, 0) is 36.6 Å². The SMILES string of the molecule is Cc1ccccc1CN(C)c1c(C)cccc1C(=O)O. The molecule has 0 saturated heterocycles. The number of carboxylic acid groups (broad SMARTS) is 1. The van der Waals surface area contributed by atoms with Crippen molar-refractivity contribution >= 4 is 11.7 Å². The summed E-state index contributed by atoms with van der Waals surface area (Å²) in [6.45, 7) is 4.70. The summed E-state index contributed by atoms with van der Waals surface area (Å²) in [5, 5.41) is 9.33. The Morgan fingerprint density at radius 1 is 1.05 bits per heavy atom. The number of hydrogen-bond donors (Lipinski definition) is 1. The first-order valence-corrected chi connectivity index (χ1v) is 6.59. The number of carboxylic acids is 1. The second-order valence-corrected chi connectivity index (χ2v) is 5.06. The summed E-state index contributed by atoms with van der Waals surface area (Å²) >= 11 is 0. The molecular weight excluding hydrogens is 250 g/mol. The lowest BCUT2D eigenvalue weighted by Crippen LogP contribution is -2.21. The molecule has 0 spiro atoms. The van der Waals surface area contributed by atoms with Crippen LogP contribution in [-0.2, 0) is 6.54 Å². The largest absolute Gasteiger partial charge is 0.478 e. The second kappa shape index (κ2) is 5.78. The van der Waals surface area contributed by atoms with Crippen molar-refractivity contribution in [3.8, 4) is 0 Å². The van der Waals surface area contributed by atoms with Gasteiger partial charge >= 0.3 is 5.97 Å². The number of benzene rings is 2. The van der Waals surface area contributed by atoms with E-state index in [-0.39, 0.29) is 0 Å². The van der Waals surface area contributed by atoms with Crippen molar-refractivity contribution in [1.29, 1.82) is 0 Å². The Hall–Kier alpha value is -2.29. The number of rotatable bonds is 4. The summed E-state index contributed by atoms with van der Waals surface area (Å²) in [7, 11) is 1.93. The van der Waals surface area contributed by atoms with E-state index in [9.17, 15) is 9.90 Å². The summed E-state index contributed by atoms with van der Waals surface area (Å²) in [4.78, 5) is 13.4. The van der Waals surface area contributed by atoms with Gasteiger partial charge in [-0.2, -0.15) is 0 Å². The summed E-state index contributed by atoms with van der Waals surface area (Å²) in [5.41, 5.74) is 4.52. The first kappa shape index (κ1) is 14.1. The lowest BCUT2D eigenvalue weighted by atomic mass is 10.0. The highest BCUT2D eigenvalue weighted by molar-refractivity contribution is 5.95. The van der Waals surface area contributed by atoms with Crippen LogP contribution in [0, 0.1) is 13.8 Å². The molecule has 0 aliphatic rings. The second-order valence-electron chi connectivity index (χ2n) is 5.06. The minimum absolute atomic E-state index is 0.348. The van der Waals surface area contributed by atoms with Crippen LogP contribution in [0.3, 0.4) is 0 Å². The molecule has 0 aliphatic heterocycles. The van der Waals surface area contributed by atoms with Gasteiger partial charge in [-0.25, -0.2) is 4.79 Å². The normalized spacial score (nSPS) is 10.3. The van der Waals surface area contributed by atoms with Crippen LogP contribution in [-0.4, -0.2) is 18.1 Å². The van der Waals surface area contributed by atoms with Crippen molar-refractivity contribution in [3.63, 3.8) is 0 Å². The maximum atomic E-state index is 11.4. The highest BCUT2D eigenvalue weighted by Gasteiger charge is 2.16. The molecule has 3 nitrogen and oxygen atoms in total. The molecule has 0 amide bonds. The molecule has 0 bridgehead atoms. The monoisotopic (exact) mass is 269 g/mol. The number of nitrogens with zero attached hydrogens (tertiary/aromatic N) is 1. The number of para-hydroxylation sites is 1. The molecular formula is C17H19NO2. The molecule has 0 radical (unpaired) electrons. The first-order chi connectivity index (χ1) is 9.50. The third kappa shape index (κ3) is 2.82. The molecule has 0 unspecified atom stereocenters. The fourth-order valence-corrected chi connectivity index (χ4v) is 2.46. The molecule has 0 heterocycles. The standard InChI is InChI=1S/C17H19NO2/c1-12-7-4-5-9-14(12)11-18(3)16-13(2)8-6-10-15(16)17(19)20/h4-10H,11H2,1-3H3,(H,19,20). The summed E-state index contributed by atoms with van der Waals surface area (Å²) in [6, 6.07) is 13.5. The van der Waals surface area contributed by atoms with E-state index in [1.165, 1.54) is 11.1 Å². The fourth-order valence-electron chi connectivity index (χ4n) is 2.46. The van der Waals surface area contributed by atoms with E-state index in [0.717, 1.165) is 11.3 Å². The molecule has 0 fully saturated rings. The minimum atomic E-state index is -0.889. The molecule has 0 aromatic heterocycles. The Labute approximate surface area is 119 Å². The van der Waals surface area contributed by atoms with E-state index >= 15 is 0 Å². The average Bonchev–Trinajstić information content (AvgIpc) is 2.40. The van der Waals surface area contributed by atoms with Gasteiger partial charge in [-0.1, -0.05) is 36.4 Å². The molecule has 2 rings (SSSR count). The third-order valence-corrected chi connectivity index (χ3v) is 3.52. The fraction of sp³-hybridized carbons (Fsp3) is 0.235. The van der Waals surface area contributed by atoms with Gasteiger partial charge in [-0.3, -0.25) is 0 Å². The topological polar surface area (TPSA) is 40.5 Å². The Bertz CT molecular complexity index is 635. The Morgan fingerprint density at radius 3 is 2.35 bits per heavy atom. The molecule has 3 heteroatoms. The van der Waals surface area contributed by atoms with Crippen LogP contribution >= 0.6 is 0 Å². The zero-order valence-corrected chi connectivity index (χ0v) is 12.1. The van der Waals surface area contributed by atoms with E-state index in [0.29, 0.717) is 12.1 Å². The smallest absolute Gasteiger partial charge is 0.337 e. The van der Waals surface area contributed by atoms with Crippen LogP contribution in [0.15, 0.2) is 42.5 Å². The van der Waals surface area contributed by atoms with E-state index in [1.54, 1.807) is 12.1 Å². The van der Waals surface area contributed by atoms with Crippen LogP contribution in [0.25, 0.3) is 0 Å². The highest BCUT2D eigenvalue weighted by atomic mass is 16.4. The van der Waals surface area contributed by atoms with Crippen molar-refractivity contribution in [2.45, 2.75) is 20.4 Å². The van der Waals surface area contributed by atoms with Crippen LogP contribution in [0.1, 0.15) is 27.0 Å². The van der Waals surface area contributed by atoms with Gasteiger partial charge in [0.15, 0.2) is 0 Å². The summed E-state index contributed by atoms with van der Waals surface area (Å²) < 4.78 is 0. The molecule has 0 aliphatic carbocycles. The molecule has 0 atom stereocenters. The molecule has 2 aromatic rings. The quantitative estimate of drug-likeness (QED) is 0.921. The zero-order valence-electron chi connectivity index (χ0n) is 12.1. The maximum Gasteiger partial charge on any atom is 0.337 e. The van der Waals surface area contributed by atoms with Crippen LogP contribution < -0.4 is 4.90 Å². The van der Waals surface area contributed by atoms with Crippen molar-refractivity contribution in [1.82, 2.24) is 0 Å². The Balaban J connectivity index is 2.37. The predicted octanol–water partition coefficient (Wildman–Crippen LogP) is 3.64.